The summed E-state index contributed by atoms with van der Waals surface area (Å²) in [6.07, 6.45) is 2.06. The predicted molar refractivity (Wildman–Crippen MR) is 94.1 cm³/mol. The van der Waals surface area contributed by atoms with E-state index in [2.05, 4.69) is 37.4 Å². The van der Waals surface area contributed by atoms with Crippen molar-refractivity contribution in [2.75, 3.05) is 7.05 Å². The normalized spacial score (nSPS) is 12.9. The van der Waals surface area contributed by atoms with Crippen LogP contribution in [0.1, 0.15) is 59.6 Å². The van der Waals surface area contributed by atoms with Gasteiger partial charge >= 0.3 is 0 Å². The lowest BCUT2D eigenvalue weighted by Crippen LogP contribution is -2.05. The van der Waals surface area contributed by atoms with Crippen LogP contribution in [0.2, 0.25) is 0 Å². The summed E-state index contributed by atoms with van der Waals surface area (Å²) in [5.41, 5.74) is 2.68. The summed E-state index contributed by atoms with van der Waals surface area (Å²) < 4.78 is 5.56. The van der Waals surface area contributed by atoms with Crippen molar-refractivity contribution in [3.63, 3.8) is 0 Å². The minimum atomic E-state index is 0.367. The van der Waals surface area contributed by atoms with Crippen molar-refractivity contribution in [3.05, 3.63) is 29.3 Å². The number of fused-ring (bicyclic) bond motifs is 1. The molecule has 0 radical (unpaired) electrons. The molecule has 0 aliphatic carbocycles. The van der Waals surface area contributed by atoms with Gasteiger partial charge in [0.25, 0.3) is 0 Å². The number of ether oxygens (including phenoxy) is 1. The molecule has 124 valence electrons. The fourth-order valence-corrected chi connectivity index (χ4v) is 1.55. The molecule has 0 saturated heterocycles. The molecule has 0 aromatic heterocycles. The number of aryl methyl sites for hydroxylation is 1. The quantitative estimate of drug-likeness (QED) is 0.759. The molecule has 1 amide bonds. The number of amides is 1. The Hall–Kier alpha value is -1.51. The maximum Gasteiger partial charge on any atom is 0.206 e. The second-order valence-electron chi connectivity index (χ2n) is 3.65. The number of rotatable bonds is 1. The molecule has 1 atom stereocenters. The average Bonchev–Trinajstić information content (AvgIpc) is 2.92. The Morgan fingerprint density at radius 2 is 1.62 bits per heavy atom. The Bertz CT molecular complexity index is 338. The molecule has 1 unspecified atom stereocenters. The van der Waals surface area contributed by atoms with Gasteiger partial charge in [-0.05, 0) is 25.5 Å². The third-order valence-electron chi connectivity index (χ3n) is 2.17. The molecule has 1 heterocycles. The van der Waals surface area contributed by atoms with Crippen LogP contribution >= 0.6 is 0 Å². The third kappa shape index (κ3) is 12.0. The van der Waals surface area contributed by atoms with Crippen molar-refractivity contribution in [1.29, 1.82) is 0 Å². The molecule has 1 aromatic carbocycles. The average molecular weight is 297 g/mol. The molecule has 0 bridgehead atoms. The summed E-state index contributed by atoms with van der Waals surface area (Å²) in [6.45, 7) is 16.2. The Kier molecular flexibility index (Phi) is 21.6. The Morgan fingerprint density at radius 3 is 2.05 bits per heavy atom. The highest BCUT2D eigenvalue weighted by molar-refractivity contribution is 5.44. The van der Waals surface area contributed by atoms with Crippen LogP contribution in [0.4, 0.5) is 0 Å². The van der Waals surface area contributed by atoms with Gasteiger partial charge in [-0.15, -0.1) is 0 Å². The standard InChI is InChI=1S/C10H12O.C2H5NO.3C2H6/c1-7-3-4-10-9(5-7)6-8(2)11-10;1-3-2-4;3*1-2/h3-5,8H,6H2,1-2H3;2H,1H3,(H,3,4);3*1-2H3. The maximum atomic E-state index is 9.06. The van der Waals surface area contributed by atoms with Crippen LogP contribution < -0.4 is 10.1 Å². The molecule has 1 aliphatic rings. The predicted octanol–water partition coefficient (Wildman–Crippen LogP) is 4.76. The van der Waals surface area contributed by atoms with Crippen molar-refractivity contribution >= 4 is 6.41 Å². The lowest BCUT2D eigenvalue weighted by molar-refractivity contribution is -0.109. The first kappa shape index (κ1) is 24.5. The van der Waals surface area contributed by atoms with Gasteiger partial charge in [-0.25, -0.2) is 0 Å². The molecule has 3 heteroatoms. The highest BCUT2D eigenvalue weighted by Gasteiger charge is 2.17. The van der Waals surface area contributed by atoms with Crippen molar-refractivity contribution < 1.29 is 9.53 Å². The lowest BCUT2D eigenvalue weighted by atomic mass is 10.1. The van der Waals surface area contributed by atoms with E-state index in [0.29, 0.717) is 12.5 Å². The van der Waals surface area contributed by atoms with Crippen LogP contribution in [-0.4, -0.2) is 19.6 Å². The van der Waals surface area contributed by atoms with Gasteiger partial charge in [-0.3, -0.25) is 4.79 Å². The monoisotopic (exact) mass is 297 g/mol. The minimum Gasteiger partial charge on any atom is -0.490 e. The maximum absolute atomic E-state index is 9.06. The molecule has 21 heavy (non-hydrogen) atoms. The molecular formula is C18H35NO2. The zero-order valence-electron chi connectivity index (χ0n) is 15.4. The van der Waals surface area contributed by atoms with E-state index in [1.54, 1.807) is 7.05 Å². The molecule has 1 aliphatic heterocycles. The van der Waals surface area contributed by atoms with E-state index in [4.69, 9.17) is 9.53 Å². The summed E-state index contributed by atoms with van der Waals surface area (Å²) in [5.74, 6) is 1.07. The van der Waals surface area contributed by atoms with Crippen LogP contribution in [0.25, 0.3) is 0 Å². The first-order valence-corrected chi connectivity index (χ1v) is 8.04. The minimum absolute atomic E-state index is 0.367. The van der Waals surface area contributed by atoms with E-state index in [9.17, 15) is 0 Å². The summed E-state index contributed by atoms with van der Waals surface area (Å²) in [5, 5.41) is 2.25. The smallest absolute Gasteiger partial charge is 0.206 e. The zero-order chi connectivity index (χ0) is 17.3. The van der Waals surface area contributed by atoms with Gasteiger partial charge in [0.1, 0.15) is 11.9 Å². The Morgan fingerprint density at radius 1 is 1.14 bits per heavy atom. The van der Waals surface area contributed by atoms with Gasteiger partial charge < -0.3 is 10.1 Å². The van der Waals surface area contributed by atoms with E-state index < -0.39 is 0 Å². The van der Waals surface area contributed by atoms with E-state index in [-0.39, 0.29) is 0 Å². The molecule has 2 rings (SSSR count). The summed E-state index contributed by atoms with van der Waals surface area (Å²) >= 11 is 0. The van der Waals surface area contributed by atoms with Crippen molar-refractivity contribution in [2.24, 2.45) is 0 Å². The largest absolute Gasteiger partial charge is 0.490 e. The molecule has 1 N–H and O–H groups in total. The van der Waals surface area contributed by atoms with Crippen LogP contribution in [0, 0.1) is 6.92 Å². The van der Waals surface area contributed by atoms with E-state index in [0.717, 1.165) is 12.2 Å². The molecule has 1 aromatic rings. The number of hydrogen-bond acceptors (Lipinski definition) is 2. The Balaban J connectivity index is -0.000000276. The SMILES string of the molecule is CC.CC.CC.CNC=O.Cc1ccc2c(c1)CC(C)O2. The number of benzene rings is 1. The number of nitrogens with one attached hydrogen (secondary N) is 1. The van der Waals surface area contributed by atoms with Crippen molar-refractivity contribution in [1.82, 2.24) is 5.32 Å². The Labute approximate surface area is 132 Å². The van der Waals surface area contributed by atoms with E-state index in [1.807, 2.05) is 41.5 Å². The van der Waals surface area contributed by atoms with Gasteiger partial charge in [-0.2, -0.15) is 0 Å². The first-order valence-electron chi connectivity index (χ1n) is 8.04. The molecule has 0 fully saturated rings. The summed E-state index contributed by atoms with van der Waals surface area (Å²) in [7, 11) is 1.56. The van der Waals surface area contributed by atoms with Crippen LogP contribution in [0.15, 0.2) is 18.2 Å². The summed E-state index contributed by atoms with van der Waals surface area (Å²) in [6, 6.07) is 6.36. The highest BCUT2D eigenvalue weighted by atomic mass is 16.5. The van der Waals surface area contributed by atoms with Gasteiger partial charge in [-0.1, -0.05) is 59.2 Å². The van der Waals surface area contributed by atoms with Crippen LogP contribution in [-0.2, 0) is 11.2 Å². The second kappa shape index (κ2) is 18.5. The fourth-order valence-electron chi connectivity index (χ4n) is 1.55. The molecule has 0 saturated carbocycles. The molecule has 0 spiro atoms. The van der Waals surface area contributed by atoms with Crippen LogP contribution in [0.3, 0.4) is 0 Å². The van der Waals surface area contributed by atoms with Gasteiger partial charge in [0.2, 0.25) is 6.41 Å². The van der Waals surface area contributed by atoms with E-state index in [1.165, 1.54) is 11.1 Å². The highest BCUT2D eigenvalue weighted by Crippen LogP contribution is 2.28. The van der Waals surface area contributed by atoms with Crippen LogP contribution in [0.5, 0.6) is 5.75 Å². The first-order chi connectivity index (χ1) is 10.2. The van der Waals surface area contributed by atoms with Gasteiger partial charge in [0.15, 0.2) is 0 Å². The molecule has 3 nitrogen and oxygen atoms in total. The van der Waals surface area contributed by atoms with Crippen molar-refractivity contribution in [3.8, 4) is 5.75 Å². The topological polar surface area (TPSA) is 38.3 Å². The van der Waals surface area contributed by atoms with Gasteiger partial charge in [0.05, 0.1) is 0 Å². The van der Waals surface area contributed by atoms with Crippen molar-refractivity contribution in [2.45, 2.75) is 67.9 Å². The van der Waals surface area contributed by atoms with E-state index >= 15 is 0 Å². The fraction of sp³-hybridized carbons (Fsp3) is 0.611. The third-order valence-corrected chi connectivity index (χ3v) is 2.17. The zero-order valence-corrected chi connectivity index (χ0v) is 15.4. The van der Waals surface area contributed by atoms with Gasteiger partial charge in [0, 0.05) is 13.5 Å². The second-order valence-corrected chi connectivity index (χ2v) is 3.65. The molecular weight excluding hydrogens is 262 g/mol. The number of hydrogen-bond donors (Lipinski definition) is 1. The number of carbonyl (C=O) groups excluding carboxylic acids is 1. The lowest BCUT2D eigenvalue weighted by Gasteiger charge is -2.01. The summed E-state index contributed by atoms with van der Waals surface area (Å²) in [4.78, 5) is 9.06. The number of carbonyl (C=O) groups is 1.